The lowest BCUT2D eigenvalue weighted by Crippen LogP contribution is -2.13. The maximum atomic E-state index is 12.5. The summed E-state index contributed by atoms with van der Waals surface area (Å²) >= 11 is 0. The van der Waals surface area contributed by atoms with Crippen molar-refractivity contribution in [2.24, 2.45) is 0 Å². The Morgan fingerprint density at radius 1 is 1.18 bits per heavy atom. The number of benzene rings is 2. The van der Waals surface area contributed by atoms with Gasteiger partial charge in [-0.2, -0.15) is 5.10 Å². The van der Waals surface area contributed by atoms with Crippen molar-refractivity contribution in [2.45, 2.75) is 13.8 Å². The Morgan fingerprint density at radius 2 is 2.00 bits per heavy atom. The molecule has 5 heteroatoms. The van der Waals surface area contributed by atoms with E-state index in [1.54, 1.807) is 13.3 Å². The molecule has 1 aromatic heterocycles. The number of anilines is 1. The minimum Gasteiger partial charge on any atom is -0.496 e. The first-order valence-electron chi connectivity index (χ1n) is 6.98. The molecule has 0 unspecified atom stereocenters. The zero-order valence-electron chi connectivity index (χ0n) is 12.7. The molecular weight excluding hydrogens is 278 g/mol. The van der Waals surface area contributed by atoms with Crippen LogP contribution in [0.15, 0.2) is 36.5 Å². The van der Waals surface area contributed by atoms with Gasteiger partial charge >= 0.3 is 0 Å². The first-order valence-corrected chi connectivity index (χ1v) is 6.98. The van der Waals surface area contributed by atoms with Gasteiger partial charge in [-0.1, -0.05) is 0 Å². The summed E-state index contributed by atoms with van der Waals surface area (Å²) in [5.41, 5.74) is 4.07. The molecule has 112 valence electrons. The van der Waals surface area contributed by atoms with Gasteiger partial charge in [0.25, 0.3) is 5.91 Å². The van der Waals surface area contributed by atoms with Crippen LogP contribution in [0.3, 0.4) is 0 Å². The number of hydrogen-bond donors (Lipinski definition) is 2. The van der Waals surface area contributed by atoms with Gasteiger partial charge in [-0.25, -0.2) is 0 Å². The summed E-state index contributed by atoms with van der Waals surface area (Å²) in [5, 5.41) is 10.8. The molecule has 1 amide bonds. The highest BCUT2D eigenvalue weighted by Crippen LogP contribution is 2.24. The van der Waals surface area contributed by atoms with E-state index >= 15 is 0 Å². The molecule has 0 bridgehead atoms. The fourth-order valence-corrected chi connectivity index (χ4v) is 2.47. The van der Waals surface area contributed by atoms with Crippen LogP contribution >= 0.6 is 0 Å². The molecule has 1 heterocycles. The number of fused-ring (bicyclic) bond motifs is 1. The number of methoxy groups -OCH3 is 1. The summed E-state index contributed by atoms with van der Waals surface area (Å²) in [4.78, 5) is 12.5. The molecule has 3 rings (SSSR count). The monoisotopic (exact) mass is 295 g/mol. The van der Waals surface area contributed by atoms with Crippen molar-refractivity contribution in [2.75, 3.05) is 12.4 Å². The van der Waals surface area contributed by atoms with Crippen molar-refractivity contribution < 1.29 is 9.53 Å². The summed E-state index contributed by atoms with van der Waals surface area (Å²) < 4.78 is 5.28. The van der Waals surface area contributed by atoms with Gasteiger partial charge in [-0.3, -0.25) is 9.89 Å². The highest BCUT2D eigenvalue weighted by molar-refractivity contribution is 6.06. The van der Waals surface area contributed by atoms with Gasteiger partial charge in [0.05, 0.1) is 18.8 Å². The van der Waals surface area contributed by atoms with Crippen LogP contribution < -0.4 is 10.1 Å². The Morgan fingerprint density at radius 3 is 2.77 bits per heavy atom. The van der Waals surface area contributed by atoms with Gasteiger partial charge in [0.1, 0.15) is 5.75 Å². The molecule has 0 saturated carbocycles. The Kier molecular flexibility index (Phi) is 3.55. The molecule has 0 saturated heterocycles. The first-order chi connectivity index (χ1) is 10.6. The topological polar surface area (TPSA) is 67.0 Å². The molecule has 2 N–H and O–H groups in total. The Balaban J connectivity index is 1.89. The first kappa shape index (κ1) is 14.1. The largest absolute Gasteiger partial charge is 0.496 e. The third-order valence-electron chi connectivity index (χ3n) is 3.69. The van der Waals surface area contributed by atoms with Gasteiger partial charge < -0.3 is 10.1 Å². The van der Waals surface area contributed by atoms with Crippen LogP contribution in [-0.2, 0) is 0 Å². The number of amides is 1. The average Bonchev–Trinajstić information content (AvgIpc) is 2.96. The van der Waals surface area contributed by atoms with Crippen LogP contribution in [0.5, 0.6) is 5.75 Å². The van der Waals surface area contributed by atoms with Gasteiger partial charge in [0, 0.05) is 16.6 Å². The number of aromatic amines is 1. The Bertz CT molecular complexity index is 852. The number of aryl methyl sites for hydroxylation is 2. The molecule has 0 aliphatic heterocycles. The number of nitrogens with zero attached hydrogens (tertiary/aromatic N) is 1. The third kappa shape index (κ3) is 2.53. The molecule has 0 radical (unpaired) electrons. The number of rotatable bonds is 3. The number of nitrogens with one attached hydrogen (secondary N) is 2. The standard InChI is InChI=1S/C17H17N3O2/c1-10-7-16(22-3)11(2)6-14(10)17(21)19-13-5-4-12-9-18-20-15(12)8-13/h4-9H,1-3H3,(H,18,20)(H,19,21). The van der Waals surface area contributed by atoms with Crippen molar-refractivity contribution in [1.82, 2.24) is 10.2 Å². The van der Waals surface area contributed by atoms with Crippen LogP contribution in [0.2, 0.25) is 0 Å². The van der Waals surface area contributed by atoms with Gasteiger partial charge in [-0.05, 0) is 55.3 Å². The number of hydrogen-bond acceptors (Lipinski definition) is 3. The maximum absolute atomic E-state index is 12.5. The molecule has 22 heavy (non-hydrogen) atoms. The van der Waals surface area contributed by atoms with E-state index in [1.165, 1.54) is 0 Å². The maximum Gasteiger partial charge on any atom is 0.255 e. The Hall–Kier alpha value is -2.82. The minimum absolute atomic E-state index is 0.137. The van der Waals surface area contributed by atoms with Crippen LogP contribution in [-0.4, -0.2) is 23.2 Å². The smallest absolute Gasteiger partial charge is 0.255 e. The number of H-pyrrole nitrogens is 1. The fraction of sp³-hybridized carbons (Fsp3) is 0.176. The summed E-state index contributed by atoms with van der Waals surface area (Å²) in [7, 11) is 1.63. The second kappa shape index (κ2) is 5.52. The van der Waals surface area contributed by atoms with E-state index in [-0.39, 0.29) is 5.91 Å². The molecule has 0 aliphatic carbocycles. The second-order valence-corrected chi connectivity index (χ2v) is 5.26. The molecular formula is C17H17N3O2. The summed E-state index contributed by atoms with van der Waals surface area (Å²) in [6.45, 7) is 3.82. The molecule has 3 aromatic rings. The van der Waals surface area contributed by atoms with Crippen molar-refractivity contribution in [3.63, 3.8) is 0 Å². The van der Waals surface area contributed by atoms with Crippen LogP contribution in [0.1, 0.15) is 21.5 Å². The number of carbonyl (C=O) groups excluding carboxylic acids is 1. The van der Waals surface area contributed by atoms with E-state index in [2.05, 4.69) is 15.5 Å². The van der Waals surface area contributed by atoms with E-state index in [4.69, 9.17) is 4.74 Å². The summed E-state index contributed by atoms with van der Waals surface area (Å²) in [6, 6.07) is 9.37. The van der Waals surface area contributed by atoms with Gasteiger partial charge in [-0.15, -0.1) is 0 Å². The molecule has 5 nitrogen and oxygen atoms in total. The van der Waals surface area contributed by atoms with Crippen LogP contribution in [0, 0.1) is 13.8 Å². The van der Waals surface area contributed by atoms with Gasteiger partial charge in [0.2, 0.25) is 0 Å². The average molecular weight is 295 g/mol. The minimum atomic E-state index is -0.137. The lowest BCUT2D eigenvalue weighted by molar-refractivity contribution is 0.102. The quantitative estimate of drug-likeness (QED) is 0.777. The number of aromatic nitrogens is 2. The molecule has 2 aromatic carbocycles. The summed E-state index contributed by atoms with van der Waals surface area (Å²) in [5.74, 6) is 0.648. The number of carbonyl (C=O) groups is 1. The van der Waals surface area contributed by atoms with Crippen molar-refractivity contribution in [3.8, 4) is 5.75 Å². The SMILES string of the molecule is COc1cc(C)c(C(=O)Nc2ccc3cn[nH]c3c2)cc1C. The highest BCUT2D eigenvalue weighted by Gasteiger charge is 2.12. The van der Waals surface area contributed by atoms with Crippen LogP contribution in [0.4, 0.5) is 5.69 Å². The predicted molar refractivity (Wildman–Crippen MR) is 86.5 cm³/mol. The van der Waals surface area contributed by atoms with E-state index in [9.17, 15) is 4.79 Å². The van der Waals surface area contributed by atoms with Crippen molar-refractivity contribution in [1.29, 1.82) is 0 Å². The highest BCUT2D eigenvalue weighted by atomic mass is 16.5. The molecule has 0 spiro atoms. The normalized spacial score (nSPS) is 10.7. The number of ether oxygens (including phenoxy) is 1. The van der Waals surface area contributed by atoms with E-state index in [0.717, 1.165) is 33.5 Å². The zero-order chi connectivity index (χ0) is 15.7. The van der Waals surface area contributed by atoms with Gasteiger partial charge in [0.15, 0.2) is 0 Å². The third-order valence-corrected chi connectivity index (χ3v) is 3.69. The van der Waals surface area contributed by atoms with Crippen LogP contribution in [0.25, 0.3) is 10.9 Å². The lowest BCUT2D eigenvalue weighted by atomic mass is 10.0. The van der Waals surface area contributed by atoms with E-state index in [0.29, 0.717) is 5.56 Å². The van der Waals surface area contributed by atoms with E-state index < -0.39 is 0 Å². The summed E-state index contributed by atoms with van der Waals surface area (Å²) in [6.07, 6.45) is 1.75. The van der Waals surface area contributed by atoms with Crippen molar-refractivity contribution in [3.05, 3.63) is 53.2 Å². The zero-order valence-corrected chi connectivity index (χ0v) is 12.7. The Labute approximate surface area is 128 Å². The van der Waals surface area contributed by atoms with Crippen molar-refractivity contribution >= 4 is 22.5 Å². The fourth-order valence-electron chi connectivity index (χ4n) is 2.47. The second-order valence-electron chi connectivity index (χ2n) is 5.26. The predicted octanol–water partition coefficient (Wildman–Crippen LogP) is 3.44. The molecule has 0 fully saturated rings. The van der Waals surface area contributed by atoms with E-state index in [1.807, 2.05) is 44.2 Å². The molecule has 0 aliphatic rings. The molecule has 0 atom stereocenters. The lowest BCUT2D eigenvalue weighted by Gasteiger charge is -2.11.